The molecule has 0 saturated carbocycles. The van der Waals surface area contributed by atoms with Gasteiger partial charge in [0.05, 0.1) is 26.4 Å². The summed E-state index contributed by atoms with van der Waals surface area (Å²) in [5.74, 6) is -2.36. The highest BCUT2D eigenvalue weighted by Crippen LogP contribution is 2.45. The predicted molar refractivity (Wildman–Crippen MR) is 426 cm³/mol. The smallest absolute Gasteiger partial charge is 0.462 e. The van der Waals surface area contributed by atoms with Crippen LogP contribution in [0.5, 0.6) is 0 Å². The normalized spacial score (nSPS) is 14.9. The molecule has 0 amide bonds. The van der Waals surface area contributed by atoms with E-state index in [4.69, 9.17) is 37.0 Å². The molecule has 104 heavy (non-hydrogen) atoms. The van der Waals surface area contributed by atoms with Crippen molar-refractivity contribution in [3.8, 4) is 0 Å². The van der Waals surface area contributed by atoms with E-state index in [1.165, 1.54) is 0 Å². The molecule has 5 unspecified atom stereocenters. The fourth-order valence-corrected chi connectivity index (χ4v) is 11.0. The van der Waals surface area contributed by atoms with Crippen molar-refractivity contribution in [2.75, 3.05) is 39.6 Å². The first-order valence-electron chi connectivity index (χ1n) is 39.0. The number of hydrogen-bond acceptors (Lipinski definition) is 15. The summed E-state index contributed by atoms with van der Waals surface area (Å²) in [4.78, 5) is 72.9. The molecule has 0 saturated heterocycles. The zero-order valence-electron chi connectivity index (χ0n) is 64.1. The van der Waals surface area contributed by atoms with Crippen LogP contribution in [0.15, 0.2) is 182 Å². The minimum Gasteiger partial charge on any atom is -0.462 e. The first-order chi connectivity index (χ1) is 50.7. The molecule has 0 aromatic rings. The Morgan fingerprint density at radius 2 is 0.519 bits per heavy atom. The summed E-state index contributed by atoms with van der Waals surface area (Å²) in [7, 11) is -10.0. The average molecular weight is 1490 g/mol. The van der Waals surface area contributed by atoms with Crippen molar-refractivity contribution in [2.45, 2.75) is 290 Å². The molecule has 17 nitrogen and oxygen atoms in total. The number of phosphoric ester groups is 2. The number of aliphatic hydroxyl groups is 1. The number of unbranched alkanes of at least 4 members (excludes halogenated alkanes) is 15. The van der Waals surface area contributed by atoms with Gasteiger partial charge in [-0.2, -0.15) is 0 Å². The Balaban J connectivity index is 5.46. The van der Waals surface area contributed by atoms with Gasteiger partial charge >= 0.3 is 39.5 Å². The highest BCUT2D eigenvalue weighted by Gasteiger charge is 2.30. The number of carbonyl (C=O) groups excluding carboxylic acids is 4. The third-order valence-electron chi connectivity index (χ3n) is 15.3. The molecule has 0 bridgehead atoms. The van der Waals surface area contributed by atoms with E-state index in [0.29, 0.717) is 32.1 Å². The zero-order chi connectivity index (χ0) is 76.0. The van der Waals surface area contributed by atoms with Crippen molar-refractivity contribution in [1.82, 2.24) is 0 Å². The quantitative estimate of drug-likeness (QED) is 0.0169. The largest absolute Gasteiger partial charge is 0.472 e. The molecular weight excluding hydrogens is 1350 g/mol. The van der Waals surface area contributed by atoms with Crippen LogP contribution in [0, 0.1) is 0 Å². The summed E-state index contributed by atoms with van der Waals surface area (Å²) in [6.07, 6.45) is 90.4. The van der Waals surface area contributed by atoms with Crippen LogP contribution in [0.2, 0.25) is 0 Å². The average Bonchev–Trinajstić information content (AvgIpc) is 0.913. The van der Waals surface area contributed by atoms with E-state index in [2.05, 4.69) is 192 Å². The van der Waals surface area contributed by atoms with Crippen molar-refractivity contribution in [3.63, 3.8) is 0 Å². The Kier molecular flexibility index (Phi) is 71.2. The second-order valence-corrected chi connectivity index (χ2v) is 28.1. The molecule has 0 aromatic carbocycles. The van der Waals surface area contributed by atoms with Gasteiger partial charge in [-0.1, -0.05) is 268 Å². The van der Waals surface area contributed by atoms with E-state index in [9.17, 15) is 43.2 Å². The highest BCUT2D eigenvalue weighted by atomic mass is 31.2. The predicted octanol–water partition coefficient (Wildman–Crippen LogP) is 22.8. The summed E-state index contributed by atoms with van der Waals surface area (Å²) in [5.41, 5.74) is 0. The van der Waals surface area contributed by atoms with Gasteiger partial charge in [0.2, 0.25) is 0 Å². The standard InChI is InChI=1S/C85H136O17P2/c1-5-9-13-17-21-25-29-33-35-37-39-41-43-47-49-53-57-61-65-69-82(87)95-75-80(101-84(89)71-67-63-59-55-51-45-31-27-23-19-15-11-7-3)77-99-103(91,92)97-73-79(86)74-98-104(93,94)100-78-81(102-85(90)72-68-64-60-56-52-46-32-28-24-20-16-12-8-4)76-96-83(88)70-66-62-58-54-50-48-44-42-40-38-36-34-30-26-22-18-14-10-6-2/h9-10,13-16,19-22,25-28,31-36,39-42,47-50,57,61,79-81,86H,5-8,11-12,17-18,23-24,29-30,37-38,43-46,51-56,58-60,62-78H2,1-4H3,(H,91,92)(H,93,94)/b13-9-,14-10-,19-15-,20-16-,25-21-,26-22-,31-27-,32-28-,35-33-,36-34-,41-39-,42-40-,49-47-,50-48-,61-57-. The Labute approximate surface area is 628 Å². The van der Waals surface area contributed by atoms with Crippen LogP contribution < -0.4 is 0 Å². The first kappa shape index (κ1) is 98.2. The van der Waals surface area contributed by atoms with Crippen LogP contribution in [-0.2, 0) is 65.4 Å². The lowest BCUT2D eigenvalue weighted by Gasteiger charge is -2.21. The molecule has 19 heteroatoms. The number of carbonyl (C=O) groups is 4. The SMILES string of the molecule is CC/C=C\C/C=C\C/C=C\C/C=C\C/C=C\C/C=C\CCC(=O)OCC(COP(=O)(O)OCC(O)COP(=O)(O)OCC(COC(=O)CCCCC/C=C\C/C=C\C/C=C\C/C=C\C/C=C\CC)OC(=O)CCCCCCC/C=C\C/C=C\CCC)OC(=O)CCCCCCC/C=C\C/C=C\CCC. The number of phosphoric acid groups is 2. The molecule has 0 aliphatic carbocycles. The monoisotopic (exact) mass is 1490 g/mol. The number of aliphatic hydroxyl groups excluding tert-OH is 1. The van der Waals surface area contributed by atoms with Crippen molar-refractivity contribution in [3.05, 3.63) is 182 Å². The lowest BCUT2D eigenvalue weighted by molar-refractivity contribution is -0.161. The molecule has 0 radical (unpaired) electrons. The molecule has 0 aliphatic heterocycles. The van der Waals surface area contributed by atoms with E-state index >= 15 is 0 Å². The minimum absolute atomic E-state index is 0.0259. The maximum Gasteiger partial charge on any atom is 0.472 e. The van der Waals surface area contributed by atoms with Gasteiger partial charge in [-0.3, -0.25) is 37.3 Å². The summed E-state index contributed by atoms with van der Waals surface area (Å²) >= 11 is 0. The van der Waals surface area contributed by atoms with Gasteiger partial charge in [0.1, 0.15) is 19.3 Å². The summed E-state index contributed by atoms with van der Waals surface area (Å²) < 4.78 is 68.4. The minimum atomic E-state index is -5.01. The molecule has 3 N–H and O–H groups in total. The molecular formula is C85H136O17P2. The second-order valence-electron chi connectivity index (χ2n) is 25.2. The van der Waals surface area contributed by atoms with E-state index in [1.54, 1.807) is 0 Å². The van der Waals surface area contributed by atoms with Crippen LogP contribution in [0.25, 0.3) is 0 Å². The van der Waals surface area contributed by atoms with E-state index in [1.807, 2.05) is 18.2 Å². The highest BCUT2D eigenvalue weighted by molar-refractivity contribution is 7.47. The van der Waals surface area contributed by atoms with Gasteiger partial charge in [0.15, 0.2) is 12.2 Å². The molecule has 0 aromatic heterocycles. The summed E-state index contributed by atoms with van der Waals surface area (Å²) in [6.45, 7) is 4.33. The maximum absolute atomic E-state index is 13.1. The van der Waals surface area contributed by atoms with Crippen molar-refractivity contribution in [2.24, 2.45) is 0 Å². The van der Waals surface area contributed by atoms with Gasteiger partial charge in [0, 0.05) is 25.7 Å². The maximum atomic E-state index is 13.1. The first-order valence-corrected chi connectivity index (χ1v) is 42.0. The van der Waals surface area contributed by atoms with Crippen LogP contribution in [0.4, 0.5) is 0 Å². The van der Waals surface area contributed by atoms with Gasteiger partial charge in [-0.25, -0.2) is 9.13 Å². The summed E-state index contributed by atoms with van der Waals surface area (Å²) in [5, 5.41) is 10.6. The Hall–Kier alpha value is -5.84. The van der Waals surface area contributed by atoms with E-state index in [-0.39, 0.29) is 25.7 Å². The topological polar surface area (TPSA) is 237 Å². The number of allylic oxidation sites excluding steroid dienone is 30. The van der Waals surface area contributed by atoms with Crippen LogP contribution >= 0.6 is 15.6 Å². The molecule has 5 atom stereocenters. The van der Waals surface area contributed by atoms with Gasteiger partial charge in [-0.15, -0.1) is 0 Å². The Morgan fingerprint density at radius 3 is 0.837 bits per heavy atom. The number of esters is 4. The molecule has 0 fully saturated rings. The van der Waals surface area contributed by atoms with Crippen molar-refractivity contribution in [1.29, 1.82) is 0 Å². The fraction of sp³-hybridized carbons (Fsp3) is 0.600. The molecule has 588 valence electrons. The van der Waals surface area contributed by atoms with Crippen molar-refractivity contribution >= 4 is 39.5 Å². The zero-order valence-corrected chi connectivity index (χ0v) is 65.9. The Morgan fingerprint density at radius 1 is 0.279 bits per heavy atom. The van der Waals surface area contributed by atoms with Gasteiger partial charge < -0.3 is 33.8 Å². The number of hydrogen-bond donors (Lipinski definition) is 3. The molecule has 0 heterocycles. The van der Waals surface area contributed by atoms with Crippen LogP contribution in [0.1, 0.15) is 272 Å². The van der Waals surface area contributed by atoms with Gasteiger partial charge in [0.25, 0.3) is 0 Å². The second kappa shape index (κ2) is 75.4. The van der Waals surface area contributed by atoms with Crippen LogP contribution in [0.3, 0.4) is 0 Å². The lowest BCUT2D eigenvalue weighted by atomic mass is 10.1. The molecule has 0 spiro atoms. The molecule has 0 rings (SSSR count). The Bertz CT molecular complexity index is 2690. The van der Waals surface area contributed by atoms with Crippen LogP contribution in [-0.4, -0.2) is 96.7 Å². The third-order valence-corrected chi connectivity index (χ3v) is 17.2. The van der Waals surface area contributed by atoms with Crippen molar-refractivity contribution < 1.29 is 80.2 Å². The number of rotatable bonds is 71. The summed E-state index contributed by atoms with van der Waals surface area (Å²) in [6, 6.07) is 0. The molecule has 0 aliphatic rings. The fourth-order valence-electron chi connectivity index (χ4n) is 9.46. The number of ether oxygens (including phenoxy) is 4. The third kappa shape index (κ3) is 74.4. The van der Waals surface area contributed by atoms with E-state index in [0.717, 1.165) is 186 Å². The lowest BCUT2D eigenvalue weighted by Crippen LogP contribution is -2.30. The van der Waals surface area contributed by atoms with Gasteiger partial charge in [-0.05, 0) is 161 Å². The van der Waals surface area contributed by atoms with E-state index < -0.39 is 97.5 Å².